The zero-order valence-corrected chi connectivity index (χ0v) is 20.9. The standard InChI is InChI=1S/C24H27N3O5S2/c1-17-10-11-18(2)23(16-17)27(33(4,29)30)19(3)24(28)25-20-12-14-22(15-13-20)34(31,32)26-21-8-6-5-7-9-21/h5-16,19,26H,1-4H3,(H,25,28)/t19-/m0/s1. The summed E-state index contributed by atoms with van der Waals surface area (Å²) >= 11 is 0. The summed E-state index contributed by atoms with van der Waals surface area (Å²) in [4.78, 5) is 13.0. The molecule has 0 fully saturated rings. The molecule has 0 saturated heterocycles. The lowest BCUT2D eigenvalue weighted by Crippen LogP contribution is -2.45. The van der Waals surface area contributed by atoms with Crippen LogP contribution in [0, 0.1) is 13.8 Å². The fraction of sp³-hybridized carbons (Fsp3) is 0.208. The van der Waals surface area contributed by atoms with Crippen molar-refractivity contribution in [2.45, 2.75) is 31.7 Å². The van der Waals surface area contributed by atoms with Gasteiger partial charge in [0.15, 0.2) is 0 Å². The van der Waals surface area contributed by atoms with Gasteiger partial charge >= 0.3 is 0 Å². The Morgan fingerprint density at radius 3 is 2.06 bits per heavy atom. The van der Waals surface area contributed by atoms with E-state index in [9.17, 15) is 21.6 Å². The van der Waals surface area contributed by atoms with E-state index >= 15 is 0 Å². The number of nitrogens with one attached hydrogen (secondary N) is 2. The smallest absolute Gasteiger partial charge is 0.261 e. The number of sulfonamides is 2. The quantitative estimate of drug-likeness (QED) is 0.486. The van der Waals surface area contributed by atoms with Crippen LogP contribution >= 0.6 is 0 Å². The molecular formula is C24H27N3O5S2. The molecule has 0 aliphatic carbocycles. The number of benzene rings is 3. The van der Waals surface area contributed by atoms with Crippen molar-refractivity contribution in [3.63, 3.8) is 0 Å². The fourth-order valence-electron chi connectivity index (χ4n) is 3.42. The molecule has 3 rings (SSSR count). The van der Waals surface area contributed by atoms with E-state index in [1.54, 1.807) is 49.4 Å². The number of aryl methyl sites for hydroxylation is 2. The van der Waals surface area contributed by atoms with Crippen LogP contribution in [0.3, 0.4) is 0 Å². The summed E-state index contributed by atoms with van der Waals surface area (Å²) in [6.07, 6.45) is 1.05. The average Bonchev–Trinajstić information content (AvgIpc) is 2.76. The third kappa shape index (κ3) is 5.95. The van der Waals surface area contributed by atoms with Gasteiger partial charge in [0.2, 0.25) is 15.9 Å². The molecule has 0 aromatic heterocycles. The third-order valence-electron chi connectivity index (χ3n) is 5.15. The van der Waals surface area contributed by atoms with Crippen LogP contribution < -0.4 is 14.3 Å². The van der Waals surface area contributed by atoms with Gasteiger partial charge in [-0.3, -0.25) is 13.8 Å². The number of carbonyl (C=O) groups excluding carboxylic acids is 1. The molecule has 1 atom stereocenters. The van der Waals surface area contributed by atoms with E-state index in [1.807, 2.05) is 13.0 Å². The van der Waals surface area contributed by atoms with Gasteiger partial charge in [0.25, 0.3) is 10.0 Å². The molecule has 10 heteroatoms. The van der Waals surface area contributed by atoms with Crippen LogP contribution in [0.5, 0.6) is 0 Å². The highest BCUT2D eigenvalue weighted by Gasteiger charge is 2.30. The lowest BCUT2D eigenvalue weighted by molar-refractivity contribution is -0.116. The number of carbonyl (C=O) groups is 1. The van der Waals surface area contributed by atoms with Crippen LogP contribution in [-0.4, -0.2) is 35.0 Å². The van der Waals surface area contributed by atoms with Crippen molar-refractivity contribution in [1.29, 1.82) is 0 Å². The Bertz CT molecular complexity index is 1390. The van der Waals surface area contributed by atoms with E-state index in [-0.39, 0.29) is 4.90 Å². The van der Waals surface area contributed by atoms with Crippen LogP contribution in [0.4, 0.5) is 17.1 Å². The van der Waals surface area contributed by atoms with Gasteiger partial charge in [0.1, 0.15) is 6.04 Å². The van der Waals surface area contributed by atoms with Crippen molar-refractivity contribution in [3.8, 4) is 0 Å². The van der Waals surface area contributed by atoms with Crippen molar-refractivity contribution in [2.75, 3.05) is 20.6 Å². The fourth-order valence-corrected chi connectivity index (χ4v) is 5.71. The van der Waals surface area contributed by atoms with E-state index in [1.165, 1.54) is 31.2 Å². The molecule has 0 saturated carbocycles. The number of hydrogen-bond acceptors (Lipinski definition) is 5. The average molecular weight is 502 g/mol. The first-order valence-electron chi connectivity index (χ1n) is 10.4. The Morgan fingerprint density at radius 1 is 0.853 bits per heavy atom. The van der Waals surface area contributed by atoms with Crippen LogP contribution in [0.1, 0.15) is 18.1 Å². The molecule has 3 aromatic carbocycles. The molecule has 34 heavy (non-hydrogen) atoms. The number of hydrogen-bond donors (Lipinski definition) is 2. The predicted octanol–water partition coefficient (Wildman–Crippen LogP) is 3.90. The van der Waals surface area contributed by atoms with E-state index in [4.69, 9.17) is 0 Å². The topological polar surface area (TPSA) is 113 Å². The van der Waals surface area contributed by atoms with Gasteiger partial charge in [0.05, 0.1) is 16.8 Å². The first-order chi connectivity index (χ1) is 15.9. The zero-order valence-electron chi connectivity index (χ0n) is 19.3. The highest BCUT2D eigenvalue weighted by Crippen LogP contribution is 2.27. The molecule has 0 spiro atoms. The first kappa shape index (κ1) is 25.3. The molecule has 0 radical (unpaired) electrons. The molecule has 0 aliphatic rings. The van der Waals surface area contributed by atoms with Crippen LogP contribution in [0.2, 0.25) is 0 Å². The third-order valence-corrected chi connectivity index (χ3v) is 7.77. The Morgan fingerprint density at radius 2 is 1.47 bits per heavy atom. The molecule has 0 heterocycles. The number of rotatable bonds is 8. The maximum atomic E-state index is 12.9. The molecule has 3 aromatic rings. The van der Waals surface area contributed by atoms with E-state index in [0.29, 0.717) is 17.1 Å². The SMILES string of the molecule is Cc1ccc(C)c(N([C@@H](C)C(=O)Nc2ccc(S(=O)(=O)Nc3ccccc3)cc2)S(C)(=O)=O)c1. The largest absolute Gasteiger partial charge is 0.324 e. The summed E-state index contributed by atoms with van der Waals surface area (Å²) < 4.78 is 53.9. The molecule has 180 valence electrons. The van der Waals surface area contributed by atoms with Gasteiger partial charge in [-0.15, -0.1) is 0 Å². The second-order valence-electron chi connectivity index (χ2n) is 8.01. The van der Waals surface area contributed by atoms with Crippen molar-refractivity contribution < 1.29 is 21.6 Å². The molecule has 2 N–H and O–H groups in total. The van der Waals surface area contributed by atoms with Crippen LogP contribution in [-0.2, 0) is 24.8 Å². The van der Waals surface area contributed by atoms with Crippen molar-refractivity contribution >= 4 is 43.0 Å². The number of para-hydroxylation sites is 1. The molecule has 1 amide bonds. The monoisotopic (exact) mass is 501 g/mol. The minimum absolute atomic E-state index is 0.0237. The van der Waals surface area contributed by atoms with E-state index < -0.39 is 32.0 Å². The zero-order chi connectivity index (χ0) is 25.1. The lowest BCUT2D eigenvalue weighted by Gasteiger charge is -2.29. The second kappa shape index (κ2) is 9.86. The number of nitrogens with zero attached hydrogens (tertiary/aromatic N) is 1. The summed E-state index contributed by atoms with van der Waals surface area (Å²) in [5.41, 5.74) is 2.78. The van der Waals surface area contributed by atoms with Gasteiger partial charge < -0.3 is 5.32 Å². The second-order valence-corrected chi connectivity index (χ2v) is 11.6. The molecule has 0 bridgehead atoms. The van der Waals surface area contributed by atoms with Crippen molar-refractivity contribution in [1.82, 2.24) is 0 Å². The molecule has 0 unspecified atom stereocenters. The van der Waals surface area contributed by atoms with Gasteiger partial charge in [-0.1, -0.05) is 30.3 Å². The summed E-state index contributed by atoms with van der Waals surface area (Å²) in [5.74, 6) is -0.552. The highest BCUT2D eigenvalue weighted by atomic mass is 32.2. The highest BCUT2D eigenvalue weighted by molar-refractivity contribution is 7.92. The van der Waals surface area contributed by atoms with Crippen LogP contribution in [0.25, 0.3) is 0 Å². The number of anilines is 3. The van der Waals surface area contributed by atoms with Gasteiger partial charge in [0, 0.05) is 11.4 Å². The number of amides is 1. The van der Waals surface area contributed by atoms with Crippen molar-refractivity contribution in [3.05, 3.63) is 83.9 Å². The summed E-state index contributed by atoms with van der Waals surface area (Å²) in [6.45, 7) is 5.12. The van der Waals surface area contributed by atoms with Crippen molar-refractivity contribution in [2.24, 2.45) is 0 Å². The maximum absolute atomic E-state index is 12.9. The molecular weight excluding hydrogens is 474 g/mol. The van der Waals surface area contributed by atoms with Crippen LogP contribution in [0.15, 0.2) is 77.7 Å². The summed E-state index contributed by atoms with van der Waals surface area (Å²) in [7, 11) is -7.57. The Balaban J connectivity index is 1.79. The van der Waals surface area contributed by atoms with Gasteiger partial charge in [-0.25, -0.2) is 16.8 Å². The lowest BCUT2D eigenvalue weighted by atomic mass is 10.1. The minimum Gasteiger partial charge on any atom is -0.324 e. The Hall–Kier alpha value is -3.37. The molecule has 8 nitrogen and oxygen atoms in total. The molecule has 0 aliphatic heterocycles. The maximum Gasteiger partial charge on any atom is 0.261 e. The Kier molecular flexibility index (Phi) is 7.32. The minimum atomic E-state index is -3.80. The van der Waals surface area contributed by atoms with Gasteiger partial charge in [-0.2, -0.15) is 0 Å². The van der Waals surface area contributed by atoms with E-state index in [0.717, 1.165) is 21.7 Å². The van der Waals surface area contributed by atoms with E-state index in [2.05, 4.69) is 10.0 Å². The normalized spacial score (nSPS) is 12.6. The Labute approximate surface area is 200 Å². The summed E-state index contributed by atoms with van der Waals surface area (Å²) in [6, 6.07) is 18.5. The van der Waals surface area contributed by atoms with Gasteiger partial charge in [-0.05, 0) is 74.4 Å². The predicted molar refractivity (Wildman–Crippen MR) is 135 cm³/mol. The summed E-state index contributed by atoms with van der Waals surface area (Å²) in [5, 5.41) is 2.67. The first-order valence-corrected chi connectivity index (χ1v) is 13.8.